The Morgan fingerprint density at radius 2 is 1.14 bits per heavy atom. The molecule has 3 rings (SSSR count). The van der Waals surface area contributed by atoms with Gasteiger partial charge in [-0.05, 0) is 44.4 Å². The molecule has 0 radical (unpaired) electrons. The zero-order valence-electron chi connectivity index (χ0n) is 42.0. The molecule has 70 heavy (non-hydrogen) atoms. The van der Waals surface area contributed by atoms with Gasteiger partial charge in [0.25, 0.3) is 0 Å². The van der Waals surface area contributed by atoms with Gasteiger partial charge in [-0.25, -0.2) is 0 Å². The number of hydrogen-bond donors (Lipinski definition) is 10. The molecule has 0 saturated carbocycles. The molecular weight excluding hydrogens is 923 g/mol. The summed E-state index contributed by atoms with van der Waals surface area (Å²) in [6.07, 6.45) is -7.14. The number of primary amides is 1. The van der Waals surface area contributed by atoms with E-state index in [4.69, 9.17) is 43.6 Å². The van der Waals surface area contributed by atoms with E-state index in [0.717, 1.165) is 77.6 Å². The third-order valence-corrected chi connectivity index (χ3v) is 13.1. The molecule has 1 amide bonds. The zero-order valence-corrected chi connectivity index (χ0v) is 42.0. The maximum Gasteiger partial charge on any atom is 0.306 e. The number of rotatable bonds is 35. The van der Waals surface area contributed by atoms with E-state index in [9.17, 15) is 60.3 Å². The number of aliphatic hydroxyl groups excluding tert-OH is 9. The Morgan fingerprint density at radius 3 is 1.71 bits per heavy atom. The second kappa shape index (κ2) is 33.6. The van der Waals surface area contributed by atoms with Crippen molar-refractivity contribution in [2.24, 2.45) is 11.7 Å². The molecule has 3 aliphatic heterocycles. The molecule has 17 atom stereocenters. The zero-order chi connectivity index (χ0) is 51.8. The molecule has 0 spiro atoms. The summed E-state index contributed by atoms with van der Waals surface area (Å²) in [6, 6.07) is 0. The molecule has 3 fully saturated rings. The van der Waals surface area contributed by atoms with Crippen LogP contribution in [-0.2, 0) is 52.3 Å². The summed E-state index contributed by atoms with van der Waals surface area (Å²) in [4.78, 5) is 35.1. The Morgan fingerprint density at radius 1 is 0.614 bits per heavy atom. The molecule has 0 aliphatic carbocycles. The van der Waals surface area contributed by atoms with Crippen LogP contribution in [0.4, 0.5) is 0 Å². The van der Waals surface area contributed by atoms with Crippen LogP contribution in [0.25, 0.3) is 0 Å². The molecule has 0 aromatic carbocycles. The molecule has 3 heterocycles. The number of ether oxygens (including phenoxy) is 8. The predicted molar refractivity (Wildman–Crippen MR) is 250 cm³/mol. The standard InChI is InChI=1S/C49H89NO20/c1-5-6-20-31(21-19-24-33(53)32(52)22-17-15-13-11-9-7-8-10-12-14-16-18-23-34(54)46(50)62)67-48-44(39(57)35(55)26-64-48)70-49-45(41(59)37(28-65-49)66-30(4)51)69-47-43(61)42(60)40(58)36(68-47)27-63-38(56)25-29(2)3/h29,31-37,39-45,47-49,52-55,57-61H,5-28H2,1-4H3,(H2,50,62). The molecule has 410 valence electrons. The molecular formula is C49H89NO20. The van der Waals surface area contributed by atoms with Crippen molar-refractivity contribution in [2.45, 2.75) is 267 Å². The Kier molecular flexibility index (Phi) is 29.8. The van der Waals surface area contributed by atoms with Crippen LogP contribution < -0.4 is 5.73 Å². The van der Waals surface area contributed by atoms with Gasteiger partial charge in [0.1, 0.15) is 67.6 Å². The highest BCUT2D eigenvalue weighted by atomic mass is 16.8. The number of carbonyl (C=O) groups excluding carboxylic acids is 3. The van der Waals surface area contributed by atoms with Crippen LogP contribution in [0.2, 0.25) is 0 Å². The molecule has 21 nitrogen and oxygen atoms in total. The molecule has 3 saturated heterocycles. The van der Waals surface area contributed by atoms with Crippen molar-refractivity contribution < 1.29 is 98.2 Å². The molecule has 3 aliphatic rings. The first-order valence-electron chi connectivity index (χ1n) is 25.9. The summed E-state index contributed by atoms with van der Waals surface area (Å²) in [7, 11) is 0. The van der Waals surface area contributed by atoms with Crippen LogP contribution in [0.15, 0.2) is 0 Å². The van der Waals surface area contributed by atoms with Gasteiger partial charge in [-0.1, -0.05) is 111 Å². The Bertz CT molecular complexity index is 1450. The molecule has 0 aromatic rings. The number of hydrogen-bond acceptors (Lipinski definition) is 20. The van der Waals surface area contributed by atoms with Crippen LogP contribution in [0.1, 0.15) is 163 Å². The molecule has 21 heteroatoms. The summed E-state index contributed by atoms with van der Waals surface area (Å²) in [5.41, 5.74) is 5.08. The smallest absolute Gasteiger partial charge is 0.306 e. The van der Waals surface area contributed by atoms with Gasteiger partial charge < -0.3 is 89.6 Å². The first kappa shape index (κ1) is 62.1. The molecule has 0 aromatic heterocycles. The van der Waals surface area contributed by atoms with E-state index in [1.807, 2.05) is 20.8 Å². The lowest BCUT2D eigenvalue weighted by Gasteiger charge is -2.46. The molecule has 0 bridgehead atoms. The van der Waals surface area contributed by atoms with E-state index in [1.165, 1.54) is 19.3 Å². The van der Waals surface area contributed by atoms with Crippen molar-refractivity contribution >= 4 is 17.8 Å². The van der Waals surface area contributed by atoms with E-state index >= 15 is 0 Å². The number of esters is 2. The highest BCUT2D eigenvalue weighted by molar-refractivity contribution is 5.78. The fraction of sp³-hybridized carbons (Fsp3) is 0.939. The minimum atomic E-state index is -1.91. The van der Waals surface area contributed by atoms with Gasteiger partial charge in [0.15, 0.2) is 25.0 Å². The van der Waals surface area contributed by atoms with E-state index < -0.39 is 135 Å². The average Bonchev–Trinajstić information content (AvgIpc) is 3.31. The van der Waals surface area contributed by atoms with E-state index in [1.54, 1.807) is 0 Å². The highest BCUT2D eigenvalue weighted by Crippen LogP contribution is 2.33. The number of aliphatic hydroxyl groups is 9. The second-order valence-electron chi connectivity index (χ2n) is 19.8. The Hall–Kier alpha value is -2.19. The average molecular weight is 1010 g/mol. The van der Waals surface area contributed by atoms with Gasteiger partial charge >= 0.3 is 11.9 Å². The number of amides is 1. The van der Waals surface area contributed by atoms with Gasteiger partial charge in [-0.3, -0.25) is 14.4 Å². The van der Waals surface area contributed by atoms with Crippen molar-refractivity contribution in [1.29, 1.82) is 0 Å². The minimum absolute atomic E-state index is 0.0256. The van der Waals surface area contributed by atoms with Crippen LogP contribution in [0.5, 0.6) is 0 Å². The lowest BCUT2D eigenvalue weighted by Crippen LogP contribution is -2.65. The maximum atomic E-state index is 12.3. The Labute approximate surface area is 413 Å². The third-order valence-electron chi connectivity index (χ3n) is 13.1. The van der Waals surface area contributed by atoms with Gasteiger partial charge in [0.2, 0.25) is 5.91 Å². The first-order chi connectivity index (χ1) is 33.3. The van der Waals surface area contributed by atoms with Gasteiger partial charge in [-0.2, -0.15) is 0 Å². The monoisotopic (exact) mass is 1010 g/mol. The highest BCUT2D eigenvalue weighted by Gasteiger charge is 2.52. The predicted octanol–water partition coefficient (Wildman–Crippen LogP) is 1.66. The summed E-state index contributed by atoms with van der Waals surface area (Å²) >= 11 is 0. The van der Waals surface area contributed by atoms with Gasteiger partial charge in [-0.15, -0.1) is 0 Å². The number of unbranched alkanes of at least 4 members (excludes halogenated alkanes) is 12. The largest absolute Gasteiger partial charge is 0.463 e. The number of carbonyl (C=O) groups is 3. The first-order valence-corrected chi connectivity index (χ1v) is 25.9. The van der Waals surface area contributed by atoms with Crippen molar-refractivity contribution in [3.8, 4) is 0 Å². The summed E-state index contributed by atoms with van der Waals surface area (Å²) in [6.45, 7) is 5.50. The summed E-state index contributed by atoms with van der Waals surface area (Å²) in [5.74, 6) is -2.04. The van der Waals surface area contributed by atoms with E-state index in [2.05, 4.69) is 0 Å². The van der Waals surface area contributed by atoms with Crippen LogP contribution in [0.3, 0.4) is 0 Å². The Balaban J connectivity index is 1.53. The molecule has 11 N–H and O–H groups in total. The fourth-order valence-electron chi connectivity index (χ4n) is 8.85. The number of nitrogens with two attached hydrogens (primary N) is 1. The van der Waals surface area contributed by atoms with E-state index in [-0.39, 0.29) is 18.9 Å². The SMILES string of the molecule is CCCCC(CCCC(O)C(O)CCCCCCCCCCCCCCC(O)C(N)=O)OC1OCC(O)C(O)C1OC1OCC(OC(C)=O)C(O)C1OC1OC(COC(=O)CC(C)C)C(O)C(O)C1O. The lowest BCUT2D eigenvalue weighted by atomic mass is 9.98. The van der Waals surface area contributed by atoms with Gasteiger partial charge in [0.05, 0.1) is 31.5 Å². The maximum absolute atomic E-state index is 12.3. The summed E-state index contributed by atoms with van der Waals surface area (Å²) in [5, 5.41) is 96.9. The topological polar surface area (TPSA) is 333 Å². The van der Waals surface area contributed by atoms with Gasteiger partial charge in [0, 0.05) is 13.3 Å². The quantitative estimate of drug-likeness (QED) is 0.0319. The summed E-state index contributed by atoms with van der Waals surface area (Å²) < 4.78 is 46.6. The minimum Gasteiger partial charge on any atom is -0.463 e. The van der Waals surface area contributed by atoms with Crippen molar-refractivity contribution in [3.63, 3.8) is 0 Å². The fourth-order valence-corrected chi connectivity index (χ4v) is 8.85. The molecule has 17 unspecified atom stereocenters. The lowest BCUT2D eigenvalue weighted by molar-refractivity contribution is -0.380. The van der Waals surface area contributed by atoms with Crippen LogP contribution >= 0.6 is 0 Å². The second-order valence-corrected chi connectivity index (χ2v) is 19.8. The van der Waals surface area contributed by atoms with Crippen molar-refractivity contribution in [1.82, 2.24) is 0 Å². The van der Waals surface area contributed by atoms with Crippen LogP contribution in [0, 0.1) is 5.92 Å². The van der Waals surface area contributed by atoms with Crippen LogP contribution in [-0.4, -0.2) is 188 Å². The van der Waals surface area contributed by atoms with Crippen molar-refractivity contribution in [2.75, 3.05) is 19.8 Å². The third kappa shape index (κ3) is 22.1. The van der Waals surface area contributed by atoms with Crippen molar-refractivity contribution in [3.05, 3.63) is 0 Å². The van der Waals surface area contributed by atoms with E-state index in [0.29, 0.717) is 38.5 Å². The normalized spacial score (nSPS) is 31.2.